The molecule has 0 bridgehead atoms. The molecule has 2 rings (SSSR count). The third-order valence-electron chi connectivity index (χ3n) is 3.25. The lowest BCUT2D eigenvalue weighted by Gasteiger charge is -2.36. The normalized spacial score (nSPS) is 22.7. The third-order valence-corrected chi connectivity index (χ3v) is 3.25. The van der Waals surface area contributed by atoms with E-state index in [1.54, 1.807) is 12.1 Å². The molecule has 0 spiro atoms. The molecule has 0 saturated heterocycles. The van der Waals surface area contributed by atoms with E-state index in [-0.39, 0.29) is 18.7 Å². The van der Waals surface area contributed by atoms with Crippen molar-refractivity contribution in [3.63, 3.8) is 0 Å². The second kappa shape index (κ2) is 4.33. The van der Waals surface area contributed by atoms with Gasteiger partial charge in [-0.2, -0.15) is 0 Å². The quantitative estimate of drug-likeness (QED) is 0.833. The summed E-state index contributed by atoms with van der Waals surface area (Å²) in [6.07, 6.45) is 0.384. The van der Waals surface area contributed by atoms with Crippen LogP contribution >= 0.6 is 0 Å². The smallest absolute Gasteiger partial charge is 0.304 e. The SMILES string of the molecule is NCC1(CC(=O)O)CCOc2c(F)cccc21. The first-order valence-corrected chi connectivity index (χ1v) is 5.43. The summed E-state index contributed by atoms with van der Waals surface area (Å²) < 4.78 is 18.8. The van der Waals surface area contributed by atoms with Crippen molar-refractivity contribution >= 4 is 5.97 Å². The molecule has 0 fully saturated rings. The molecule has 17 heavy (non-hydrogen) atoms. The minimum absolute atomic E-state index is 0.108. The largest absolute Gasteiger partial charge is 0.490 e. The minimum Gasteiger partial charge on any atom is -0.490 e. The van der Waals surface area contributed by atoms with Gasteiger partial charge in [0.2, 0.25) is 0 Å². The molecule has 1 heterocycles. The van der Waals surface area contributed by atoms with Crippen molar-refractivity contribution in [2.24, 2.45) is 5.73 Å². The van der Waals surface area contributed by atoms with Crippen molar-refractivity contribution in [3.8, 4) is 5.75 Å². The Morgan fingerprint density at radius 3 is 3.00 bits per heavy atom. The van der Waals surface area contributed by atoms with Crippen molar-refractivity contribution in [2.75, 3.05) is 13.2 Å². The fourth-order valence-electron chi connectivity index (χ4n) is 2.31. The van der Waals surface area contributed by atoms with Crippen LogP contribution in [-0.4, -0.2) is 24.2 Å². The van der Waals surface area contributed by atoms with E-state index in [9.17, 15) is 9.18 Å². The lowest BCUT2D eigenvalue weighted by atomic mass is 9.73. The summed E-state index contributed by atoms with van der Waals surface area (Å²) >= 11 is 0. The first-order chi connectivity index (χ1) is 8.09. The molecule has 3 N–H and O–H groups in total. The third kappa shape index (κ3) is 1.98. The zero-order chi connectivity index (χ0) is 12.5. The maximum Gasteiger partial charge on any atom is 0.304 e. The predicted octanol–water partition coefficient (Wildman–Crippen LogP) is 1.28. The van der Waals surface area contributed by atoms with Gasteiger partial charge < -0.3 is 15.6 Å². The van der Waals surface area contributed by atoms with Gasteiger partial charge >= 0.3 is 5.97 Å². The average Bonchev–Trinajstić information content (AvgIpc) is 2.30. The fourth-order valence-corrected chi connectivity index (χ4v) is 2.31. The number of hydrogen-bond acceptors (Lipinski definition) is 3. The lowest BCUT2D eigenvalue weighted by Crippen LogP contribution is -2.41. The van der Waals surface area contributed by atoms with Crippen molar-refractivity contribution in [3.05, 3.63) is 29.6 Å². The van der Waals surface area contributed by atoms with Crippen molar-refractivity contribution in [1.29, 1.82) is 0 Å². The molecule has 0 aromatic heterocycles. The van der Waals surface area contributed by atoms with Crippen LogP contribution in [0.2, 0.25) is 0 Å². The number of carboxylic acid groups (broad SMARTS) is 1. The molecule has 0 saturated carbocycles. The second-order valence-electron chi connectivity index (χ2n) is 4.27. The lowest BCUT2D eigenvalue weighted by molar-refractivity contribution is -0.138. The Morgan fingerprint density at radius 1 is 1.59 bits per heavy atom. The number of hydrogen-bond donors (Lipinski definition) is 2. The number of carbonyl (C=O) groups is 1. The van der Waals surface area contributed by atoms with Gasteiger partial charge in [-0.15, -0.1) is 0 Å². The highest BCUT2D eigenvalue weighted by Gasteiger charge is 2.39. The van der Waals surface area contributed by atoms with Crippen LogP contribution in [0.1, 0.15) is 18.4 Å². The summed E-state index contributed by atoms with van der Waals surface area (Å²) in [7, 11) is 0. The van der Waals surface area contributed by atoms with Gasteiger partial charge in [-0.05, 0) is 12.5 Å². The highest BCUT2D eigenvalue weighted by atomic mass is 19.1. The molecule has 5 heteroatoms. The van der Waals surface area contributed by atoms with Crippen LogP contribution in [0, 0.1) is 5.82 Å². The van der Waals surface area contributed by atoms with Crippen LogP contribution in [0.25, 0.3) is 0 Å². The monoisotopic (exact) mass is 239 g/mol. The van der Waals surface area contributed by atoms with Gasteiger partial charge in [0, 0.05) is 17.5 Å². The van der Waals surface area contributed by atoms with Crippen LogP contribution in [0.5, 0.6) is 5.75 Å². The van der Waals surface area contributed by atoms with Crippen LogP contribution in [-0.2, 0) is 10.2 Å². The molecule has 1 aliphatic heterocycles. The van der Waals surface area contributed by atoms with Crippen LogP contribution in [0.15, 0.2) is 18.2 Å². The number of nitrogens with two attached hydrogens (primary N) is 1. The van der Waals surface area contributed by atoms with Gasteiger partial charge in [0.15, 0.2) is 11.6 Å². The summed E-state index contributed by atoms with van der Waals surface area (Å²) in [6, 6.07) is 4.54. The van der Waals surface area contributed by atoms with Gasteiger partial charge in [-0.3, -0.25) is 4.79 Å². The first kappa shape index (κ1) is 11.9. The summed E-state index contributed by atoms with van der Waals surface area (Å²) in [5.41, 5.74) is 5.55. The van der Waals surface area contributed by atoms with Crippen molar-refractivity contribution in [1.82, 2.24) is 0 Å². The van der Waals surface area contributed by atoms with Crippen LogP contribution in [0.4, 0.5) is 4.39 Å². The summed E-state index contributed by atoms with van der Waals surface area (Å²) in [4.78, 5) is 10.9. The summed E-state index contributed by atoms with van der Waals surface area (Å²) in [6.45, 7) is 0.456. The maximum absolute atomic E-state index is 13.6. The first-order valence-electron chi connectivity index (χ1n) is 5.43. The Hall–Kier alpha value is -1.62. The highest BCUT2D eigenvalue weighted by Crippen LogP contribution is 2.41. The van der Waals surface area contributed by atoms with E-state index in [4.69, 9.17) is 15.6 Å². The topological polar surface area (TPSA) is 72.6 Å². The number of rotatable bonds is 3. The number of halogens is 1. The maximum atomic E-state index is 13.6. The molecule has 1 unspecified atom stereocenters. The van der Waals surface area contributed by atoms with E-state index in [2.05, 4.69) is 0 Å². The average molecular weight is 239 g/mol. The van der Waals surface area contributed by atoms with E-state index < -0.39 is 17.2 Å². The van der Waals surface area contributed by atoms with Crippen LogP contribution < -0.4 is 10.5 Å². The Balaban J connectivity index is 2.51. The van der Waals surface area contributed by atoms with E-state index in [0.29, 0.717) is 18.6 Å². The Labute approximate surface area is 98.2 Å². The molecule has 1 aromatic carbocycles. The second-order valence-corrected chi connectivity index (χ2v) is 4.27. The number of benzene rings is 1. The minimum atomic E-state index is -0.937. The number of aliphatic carboxylic acids is 1. The number of para-hydroxylation sites is 1. The summed E-state index contributed by atoms with van der Waals surface area (Å²) in [5.74, 6) is -1.26. The molecule has 0 amide bonds. The molecular weight excluding hydrogens is 225 g/mol. The highest BCUT2D eigenvalue weighted by molar-refractivity contribution is 5.70. The Morgan fingerprint density at radius 2 is 2.35 bits per heavy atom. The zero-order valence-electron chi connectivity index (χ0n) is 9.28. The molecule has 1 aliphatic rings. The van der Waals surface area contributed by atoms with E-state index >= 15 is 0 Å². The van der Waals surface area contributed by atoms with E-state index in [0.717, 1.165) is 0 Å². The molecule has 0 radical (unpaired) electrons. The van der Waals surface area contributed by atoms with Gasteiger partial charge in [-0.1, -0.05) is 12.1 Å². The standard InChI is InChI=1S/C12H14FNO3/c13-9-3-1-2-8-11(9)17-5-4-12(8,7-14)6-10(15)16/h1-3H,4-7,14H2,(H,15,16). The van der Waals surface area contributed by atoms with Crippen LogP contribution in [0.3, 0.4) is 0 Å². The number of ether oxygens (including phenoxy) is 1. The Kier molecular flexibility index (Phi) is 3.02. The van der Waals surface area contributed by atoms with Crippen molar-refractivity contribution < 1.29 is 19.0 Å². The predicted molar refractivity (Wildman–Crippen MR) is 59.5 cm³/mol. The van der Waals surface area contributed by atoms with Gasteiger partial charge in [0.1, 0.15) is 0 Å². The molecule has 1 aromatic rings. The molecule has 1 atom stereocenters. The van der Waals surface area contributed by atoms with Crippen molar-refractivity contribution in [2.45, 2.75) is 18.3 Å². The molecule has 4 nitrogen and oxygen atoms in total. The van der Waals surface area contributed by atoms with E-state index in [1.807, 2.05) is 0 Å². The van der Waals surface area contributed by atoms with E-state index in [1.165, 1.54) is 6.07 Å². The molecule has 92 valence electrons. The number of fused-ring (bicyclic) bond motifs is 1. The summed E-state index contributed by atoms with van der Waals surface area (Å²) in [5, 5.41) is 8.97. The Bertz CT molecular complexity index is 449. The molecular formula is C12H14FNO3. The number of carboxylic acids is 1. The zero-order valence-corrected chi connectivity index (χ0v) is 9.28. The van der Waals surface area contributed by atoms with Gasteiger partial charge in [0.25, 0.3) is 0 Å². The molecule has 0 aliphatic carbocycles. The van der Waals surface area contributed by atoms with Gasteiger partial charge in [0.05, 0.1) is 13.0 Å². The fraction of sp³-hybridized carbons (Fsp3) is 0.417. The van der Waals surface area contributed by atoms with Gasteiger partial charge in [-0.25, -0.2) is 4.39 Å².